The van der Waals surface area contributed by atoms with Gasteiger partial charge in [-0.2, -0.15) is 5.10 Å². The first-order chi connectivity index (χ1) is 6.59. The lowest BCUT2D eigenvalue weighted by atomic mass is 9.88. The van der Waals surface area contributed by atoms with Crippen LogP contribution in [0.15, 0.2) is 12.4 Å². The molecule has 1 unspecified atom stereocenters. The van der Waals surface area contributed by atoms with Gasteiger partial charge in [0.15, 0.2) is 0 Å². The Balaban J connectivity index is 2.47. The van der Waals surface area contributed by atoms with Crippen molar-refractivity contribution in [3.05, 3.63) is 12.4 Å². The molecule has 1 aromatic rings. The SMILES string of the molecule is CCC(C)(CN)CNc1cnn(C)c1. The molecule has 0 fully saturated rings. The molecule has 4 nitrogen and oxygen atoms in total. The van der Waals surface area contributed by atoms with Gasteiger partial charge in [-0.1, -0.05) is 13.8 Å². The number of hydrogen-bond acceptors (Lipinski definition) is 3. The molecule has 80 valence electrons. The summed E-state index contributed by atoms with van der Waals surface area (Å²) in [6.07, 6.45) is 4.87. The van der Waals surface area contributed by atoms with E-state index in [1.54, 1.807) is 4.68 Å². The second-order valence-electron chi connectivity index (χ2n) is 4.12. The molecule has 0 amide bonds. The smallest absolute Gasteiger partial charge is 0.0726 e. The van der Waals surface area contributed by atoms with Crippen molar-refractivity contribution in [3.8, 4) is 0 Å². The van der Waals surface area contributed by atoms with Gasteiger partial charge in [-0.3, -0.25) is 4.68 Å². The van der Waals surface area contributed by atoms with Crippen LogP contribution in [0.4, 0.5) is 5.69 Å². The van der Waals surface area contributed by atoms with Crippen LogP contribution in [0.5, 0.6) is 0 Å². The first kappa shape index (κ1) is 11.0. The molecule has 0 aliphatic rings. The van der Waals surface area contributed by atoms with Gasteiger partial charge in [0.25, 0.3) is 0 Å². The molecule has 0 saturated carbocycles. The highest BCUT2D eigenvalue weighted by Crippen LogP contribution is 2.19. The maximum Gasteiger partial charge on any atom is 0.0726 e. The van der Waals surface area contributed by atoms with Gasteiger partial charge in [0.1, 0.15) is 0 Å². The van der Waals surface area contributed by atoms with Crippen molar-refractivity contribution in [2.75, 3.05) is 18.4 Å². The fraction of sp³-hybridized carbons (Fsp3) is 0.700. The van der Waals surface area contributed by atoms with Crippen molar-refractivity contribution >= 4 is 5.69 Å². The van der Waals surface area contributed by atoms with E-state index in [1.165, 1.54) is 0 Å². The minimum Gasteiger partial charge on any atom is -0.382 e. The van der Waals surface area contributed by atoms with Gasteiger partial charge in [-0.15, -0.1) is 0 Å². The van der Waals surface area contributed by atoms with E-state index < -0.39 is 0 Å². The van der Waals surface area contributed by atoms with E-state index in [4.69, 9.17) is 5.73 Å². The summed E-state index contributed by atoms with van der Waals surface area (Å²) in [7, 11) is 1.91. The number of aryl methyl sites for hydroxylation is 1. The molecule has 3 N–H and O–H groups in total. The number of nitrogens with two attached hydrogens (primary N) is 1. The molecule has 0 aliphatic heterocycles. The van der Waals surface area contributed by atoms with E-state index in [9.17, 15) is 0 Å². The Morgan fingerprint density at radius 3 is 2.79 bits per heavy atom. The number of nitrogens with zero attached hydrogens (tertiary/aromatic N) is 2. The van der Waals surface area contributed by atoms with E-state index in [2.05, 4.69) is 24.3 Å². The molecule has 0 bridgehead atoms. The first-order valence-electron chi connectivity index (χ1n) is 5.02. The topological polar surface area (TPSA) is 55.9 Å². The third-order valence-electron chi connectivity index (χ3n) is 2.77. The third-order valence-corrected chi connectivity index (χ3v) is 2.77. The zero-order valence-electron chi connectivity index (χ0n) is 9.25. The monoisotopic (exact) mass is 196 g/mol. The molecule has 0 radical (unpaired) electrons. The van der Waals surface area contributed by atoms with E-state index in [1.807, 2.05) is 19.4 Å². The second kappa shape index (κ2) is 4.46. The average Bonchev–Trinajstić information content (AvgIpc) is 2.61. The molecule has 4 heteroatoms. The number of nitrogens with one attached hydrogen (secondary N) is 1. The van der Waals surface area contributed by atoms with Gasteiger partial charge >= 0.3 is 0 Å². The second-order valence-corrected chi connectivity index (χ2v) is 4.12. The molecule has 0 spiro atoms. The molecule has 1 aromatic heterocycles. The van der Waals surface area contributed by atoms with Crippen molar-refractivity contribution in [1.82, 2.24) is 9.78 Å². The van der Waals surface area contributed by atoms with Crippen LogP contribution in [-0.2, 0) is 7.05 Å². The van der Waals surface area contributed by atoms with Crippen molar-refractivity contribution in [1.29, 1.82) is 0 Å². The fourth-order valence-electron chi connectivity index (χ4n) is 1.17. The largest absolute Gasteiger partial charge is 0.382 e. The summed E-state index contributed by atoms with van der Waals surface area (Å²) in [6.45, 7) is 5.95. The molecule has 0 aliphatic carbocycles. The Morgan fingerprint density at radius 1 is 1.64 bits per heavy atom. The molecule has 0 saturated heterocycles. The lowest BCUT2D eigenvalue weighted by Gasteiger charge is -2.26. The molecular formula is C10H20N4. The Hall–Kier alpha value is -1.03. The van der Waals surface area contributed by atoms with E-state index in [-0.39, 0.29) is 5.41 Å². The Kier molecular flexibility index (Phi) is 3.52. The summed E-state index contributed by atoms with van der Waals surface area (Å²) in [5.41, 5.74) is 6.96. The summed E-state index contributed by atoms with van der Waals surface area (Å²) in [4.78, 5) is 0. The molecular weight excluding hydrogens is 176 g/mol. The van der Waals surface area contributed by atoms with Gasteiger partial charge in [0, 0.05) is 19.8 Å². The van der Waals surface area contributed by atoms with Gasteiger partial charge in [-0.25, -0.2) is 0 Å². The van der Waals surface area contributed by atoms with Gasteiger partial charge in [0.2, 0.25) is 0 Å². The minimum atomic E-state index is 0.176. The number of hydrogen-bond donors (Lipinski definition) is 2. The minimum absolute atomic E-state index is 0.176. The zero-order chi connectivity index (χ0) is 10.6. The van der Waals surface area contributed by atoms with Crippen LogP contribution >= 0.6 is 0 Å². The van der Waals surface area contributed by atoms with Crippen LogP contribution in [0.3, 0.4) is 0 Å². The Morgan fingerprint density at radius 2 is 2.36 bits per heavy atom. The first-order valence-corrected chi connectivity index (χ1v) is 5.02. The molecule has 1 heterocycles. The normalized spacial score (nSPS) is 15.1. The van der Waals surface area contributed by atoms with Gasteiger partial charge in [0.05, 0.1) is 11.9 Å². The average molecular weight is 196 g/mol. The molecule has 1 rings (SSSR count). The summed E-state index contributed by atoms with van der Waals surface area (Å²) in [6, 6.07) is 0. The quantitative estimate of drug-likeness (QED) is 0.744. The third kappa shape index (κ3) is 2.73. The van der Waals surface area contributed by atoms with Crippen LogP contribution in [0.1, 0.15) is 20.3 Å². The highest BCUT2D eigenvalue weighted by molar-refractivity contribution is 5.38. The van der Waals surface area contributed by atoms with Crippen molar-refractivity contribution in [3.63, 3.8) is 0 Å². The van der Waals surface area contributed by atoms with E-state index >= 15 is 0 Å². The van der Waals surface area contributed by atoms with E-state index in [0.29, 0.717) is 6.54 Å². The molecule has 14 heavy (non-hydrogen) atoms. The highest BCUT2D eigenvalue weighted by atomic mass is 15.3. The molecule has 0 aromatic carbocycles. The van der Waals surface area contributed by atoms with Crippen LogP contribution < -0.4 is 11.1 Å². The number of rotatable bonds is 5. The molecule has 1 atom stereocenters. The predicted octanol–water partition coefficient (Wildman–Crippen LogP) is 1.21. The van der Waals surface area contributed by atoms with E-state index in [0.717, 1.165) is 18.7 Å². The maximum absolute atomic E-state index is 5.73. The van der Waals surface area contributed by atoms with Crippen molar-refractivity contribution < 1.29 is 0 Å². The van der Waals surface area contributed by atoms with Crippen LogP contribution in [-0.4, -0.2) is 22.9 Å². The predicted molar refractivity (Wildman–Crippen MR) is 59.2 cm³/mol. The van der Waals surface area contributed by atoms with Crippen LogP contribution in [0.25, 0.3) is 0 Å². The summed E-state index contributed by atoms with van der Waals surface area (Å²) in [5, 5.41) is 7.44. The summed E-state index contributed by atoms with van der Waals surface area (Å²) < 4.78 is 1.79. The summed E-state index contributed by atoms with van der Waals surface area (Å²) >= 11 is 0. The summed E-state index contributed by atoms with van der Waals surface area (Å²) in [5.74, 6) is 0. The number of aromatic nitrogens is 2. The lowest BCUT2D eigenvalue weighted by molar-refractivity contribution is 0.346. The fourth-order valence-corrected chi connectivity index (χ4v) is 1.17. The number of anilines is 1. The van der Waals surface area contributed by atoms with Gasteiger partial charge < -0.3 is 11.1 Å². The van der Waals surface area contributed by atoms with Crippen molar-refractivity contribution in [2.45, 2.75) is 20.3 Å². The maximum atomic E-state index is 5.73. The lowest BCUT2D eigenvalue weighted by Crippen LogP contribution is -2.33. The Labute approximate surface area is 85.5 Å². The van der Waals surface area contributed by atoms with Gasteiger partial charge in [-0.05, 0) is 18.4 Å². The van der Waals surface area contributed by atoms with Crippen LogP contribution in [0, 0.1) is 5.41 Å². The standard InChI is InChI=1S/C10H20N4/c1-4-10(2,7-11)8-12-9-5-13-14(3)6-9/h5-6,12H,4,7-8,11H2,1-3H3. The van der Waals surface area contributed by atoms with Crippen LogP contribution in [0.2, 0.25) is 0 Å². The van der Waals surface area contributed by atoms with Crippen molar-refractivity contribution in [2.24, 2.45) is 18.2 Å². The zero-order valence-corrected chi connectivity index (χ0v) is 9.25. The Bertz CT molecular complexity index is 275. The highest BCUT2D eigenvalue weighted by Gasteiger charge is 2.19.